The zero-order valence-electron chi connectivity index (χ0n) is 17.8. The van der Waals surface area contributed by atoms with E-state index in [1.54, 1.807) is 6.20 Å². The maximum Gasteiger partial charge on any atom is 0.289 e. The first-order chi connectivity index (χ1) is 14.3. The number of amides is 1. The summed E-state index contributed by atoms with van der Waals surface area (Å²) in [6, 6.07) is 4.02. The van der Waals surface area contributed by atoms with Crippen LogP contribution in [0.3, 0.4) is 0 Å². The molecule has 0 saturated carbocycles. The van der Waals surface area contributed by atoms with Gasteiger partial charge in [0.25, 0.3) is 6.09 Å². The van der Waals surface area contributed by atoms with Crippen molar-refractivity contribution in [2.75, 3.05) is 12.4 Å². The molecule has 0 fully saturated rings. The number of amidine groups is 1. The second-order valence-corrected chi connectivity index (χ2v) is 7.93. The zero-order valence-corrected chi connectivity index (χ0v) is 18.7. The number of fused-ring (bicyclic) bond motifs is 1. The number of nitrogens with one attached hydrogen (secondary N) is 2. The van der Waals surface area contributed by atoms with Crippen LogP contribution in [0.2, 0.25) is 0 Å². The first-order valence-electron chi connectivity index (χ1n) is 9.97. The molecule has 1 aliphatic rings. The molecule has 0 saturated heterocycles. The predicted octanol–water partition coefficient (Wildman–Crippen LogP) is 4.53. The van der Waals surface area contributed by atoms with Gasteiger partial charge < -0.3 is 5.32 Å². The summed E-state index contributed by atoms with van der Waals surface area (Å²) in [6.07, 6.45) is 2.23. The molecule has 7 nitrogen and oxygen atoms in total. The summed E-state index contributed by atoms with van der Waals surface area (Å²) >= 11 is 4.71. The van der Waals surface area contributed by atoms with Crippen LogP contribution in [0.1, 0.15) is 63.8 Å². The molecule has 0 aliphatic heterocycles. The van der Waals surface area contributed by atoms with Gasteiger partial charge in [-0.3, -0.25) is 14.8 Å². The SMILES string of the molecule is CCC(C)n1nc(-c2ccc(NC)nc2)c2c1C(S)=C(N=C(F)NC(C)=O)CC2C. The average molecular weight is 431 g/mol. The largest absolute Gasteiger partial charge is 0.373 e. The van der Waals surface area contributed by atoms with E-state index in [9.17, 15) is 9.18 Å². The molecule has 1 amide bonds. The van der Waals surface area contributed by atoms with Gasteiger partial charge in [-0.25, -0.2) is 9.98 Å². The summed E-state index contributed by atoms with van der Waals surface area (Å²) in [5, 5.41) is 10.0. The Bertz CT molecular complexity index is 1010. The van der Waals surface area contributed by atoms with Crippen molar-refractivity contribution >= 4 is 35.3 Å². The predicted molar refractivity (Wildman–Crippen MR) is 121 cm³/mol. The van der Waals surface area contributed by atoms with E-state index >= 15 is 0 Å². The van der Waals surface area contributed by atoms with E-state index in [0.29, 0.717) is 17.0 Å². The average Bonchev–Trinajstić information content (AvgIpc) is 3.12. The van der Waals surface area contributed by atoms with Crippen LogP contribution in [-0.4, -0.2) is 33.8 Å². The van der Waals surface area contributed by atoms with Crippen LogP contribution in [-0.2, 0) is 4.79 Å². The minimum atomic E-state index is -0.929. The lowest BCUT2D eigenvalue weighted by atomic mass is 9.87. The number of anilines is 1. The number of halogens is 1. The Morgan fingerprint density at radius 2 is 2.20 bits per heavy atom. The number of hydrogen-bond donors (Lipinski definition) is 3. The van der Waals surface area contributed by atoms with Gasteiger partial charge >= 0.3 is 0 Å². The minimum absolute atomic E-state index is 0.0385. The summed E-state index contributed by atoms with van der Waals surface area (Å²) in [6.45, 7) is 7.47. The smallest absolute Gasteiger partial charge is 0.289 e. The summed E-state index contributed by atoms with van der Waals surface area (Å²) in [4.78, 5) is 20.1. The molecule has 3 rings (SSSR count). The highest BCUT2D eigenvalue weighted by molar-refractivity contribution is 7.90. The standard InChI is InChI=1S/C21H27FN6OS/c1-6-12(3)28-19-17(18(27-28)14-7-8-16(23-5)24-10-14)11(2)9-15(20(19)30)26-21(22)25-13(4)29/h7-8,10-12,30H,6,9H2,1-5H3,(H,23,24)(H,25,26,29). The lowest BCUT2D eigenvalue weighted by Gasteiger charge is -2.24. The van der Waals surface area contributed by atoms with Crippen LogP contribution in [0.5, 0.6) is 0 Å². The van der Waals surface area contributed by atoms with Crippen molar-refractivity contribution in [1.82, 2.24) is 20.1 Å². The number of carbonyl (C=O) groups excluding carboxylic acids is 1. The van der Waals surface area contributed by atoms with Crippen LogP contribution in [0, 0.1) is 0 Å². The summed E-state index contributed by atoms with van der Waals surface area (Å²) < 4.78 is 16.0. The molecule has 2 N–H and O–H groups in total. The second kappa shape index (κ2) is 8.99. The number of hydrogen-bond acceptors (Lipinski definition) is 6. The quantitative estimate of drug-likeness (QED) is 0.282. The van der Waals surface area contributed by atoms with Crippen LogP contribution in [0.4, 0.5) is 10.2 Å². The fourth-order valence-electron chi connectivity index (χ4n) is 3.55. The fourth-order valence-corrected chi connectivity index (χ4v) is 3.92. The molecule has 30 heavy (non-hydrogen) atoms. The topological polar surface area (TPSA) is 84.2 Å². The van der Waals surface area contributed by atoms with E-state index in [1.807, 2.05) is 23.9 Å². The monoisotopic (exact) mass is 430 g/mol. The number of thiol groups is 1. The number of pyridine rings is 1. The molecule has 1 aliphatic carbocycles. The molecule has 2 atom stereocenters. The maximum atomic E-state index is 14.1. The van der Waals surface area contributed by atoms with E-state index in [1.165, 1.54) is 6.92 Å². The van der Waals surface area contributed by atoms with E-state index in [-0.39, 0.29) is 12.0 Å². The second-order valence-electron chi connectivity index (χ2n) is 7.48. The van der Waals surface area contributed by atoms with E-state index in [4.69, 9.17) is 17.7 Å². The number of aliphatic imine (C=N–C) groups is 1. The van der Waals surface area contributed by atoms with Crippen molar-refractivity contribution in [1.29, 1.82) is 0 Å². The molecular weight excluding hydrogens is 403 g/mol. The number of aromatic nitrogens is 3. The third kappa shape index (κ3) is 4.26. The van der Waals surface area contributed by atoms with Crippen molar-refractivity contribution in [2.24, 2.45) is 4.99 Å². The number of carbonyl (C=O) groups is 1. The molecule has 0 bridgehead atoms. The highest BCUT2D eigenvalue weighted by Gasteiger charge is 2.32. The first kappa shape index (κ1) is 22.0. The van der Waals surface area contributed by atoms with Gasteiger partial charge in [-0.1, -0.05) is 13.8 Å². The van der Waals surface area contributed by atoms with Gasteiger partial charge in [0.05, 0.1) is 22.0 Å². The Labute approximate surface area is 181 Å². The van der Waals surface area contributed by atoms with Crippen molar-refractivity contribution in [3.8, 4) is 11.3 Å². The lowest BCUT2D eigenvalue weighted by molar-refractivity contribution is -0.117. The summed E-state index contributed by atoms with van der Waals surface area (Å²) in [5.41, 5.74) is 4.15. The van der Waals surface area contributed by atoms with Gasteiger partial charge in [0.15, 0.2) is 0 Å². The van der Waals surface area contributed by atoms with Gasteiger partial charge in [0.2, 0.25) is 5.91 Å². The Morgan fingerprint density at radius 3 is 2.77 bits per heavy atom. The van der Waals surface area contributed by atoms with Gasteiger partial charge in [0, 0.05) is 37.3 Å². The number of allylic oxidation sites excluding steroid dienone is 1. The Kier molecular flexibility index (Phi) is 6.60. The third-order valence-corrected chi connectivity index (χ3v) is 5.72. The molecule has 2 aromatic rings. The highest BCUT2D eigenvalue weighted by Crippen LogP contribution is 2.46. The van der Waals surface area contributed by atoms with Crippen molar-refractivity contribution in [3.63, 3.8) is 0 Å². The molecule has 0 spiro atoms. The van der Waals surface area contributed by atoms with Crippen molar-refractivity contribution in [3.05, 3.63) is 35.3 Å². The van der Waals surface area contributed by atoms with Crippen molar-refractivity contribution < 1.29 is 9.18 Å². The molecule has 160 valence electrons. The molecule has 2 aromatic heterocycles. The van der Waals surface area contributed by atoms with Crippen LogP contribution in [0.15, 0.2) is 29.0 Å². The third-order valence-electron chi connectivity index (χ3n) is 5.25. The fraction of sp³-hybridized carbons (Fsp3) is 0.429. The number of nitrogens with zero attached hydrogens (tertiary/aromatic N) is 4. The van der Waals surface area contributed by atoms with Crippen LogP contribution in [0.25, 0.3) is 16.2 Å². The molecule has 0 radical (unpaired) electrons. The van der Waals surface area contributed by atoms with Crippen LogP contribution >= 0.6 is 12.6 Å². The molecule has 2 unspecified atom stereocenters. The Morgan fingerprint density at radius 1 is 1.47 bits per heavy atom. The van der Waals surface area contributed by atoms with E-state index in [2.05, 4.69) is 41.4 Å². The van der Waals surface area contributed by atoms with Gasteiger partial charge in [-0.05, 0) is 37.8 Å². The highest BCUT2D eigenvalue weighted by atomic mass is 32.1. The zero-order chi connectivity index (χ0) is 22.0. The lowest BCUT2D eigenvalue weighted by Crippen LogP contribution is -2.25. The van der Waals surface area contributed by atoms with Gasteiger partial charge in [-0.2, -0.15) is 9.49 Å². The first-order valence-corrected chi connectivity index (χ1v) is 10.4. The number of rotatable bonds is 5. The molecular formula is C21H27FN6OS. The van der Waals surface area contributed by atoms with Crippen molar-refractivity contribution in [2.45, 2.75) is 52.5 Å². The Balaban J connectivity index is 2.18. The van der Waals surface area contributed by atoms with Crippen LogP contribution < -0.4 is 10.6 Å². The summed E-state index contributed by atoms with van der Waals surface area (Å²) in [5.74, 6) is 0.310. The maximum absolute atomic E-state index is 14.1. The van der Waals surface area contributed by atoms with Gasteiger partial charge in [-0.15, -0.1) is 12.6 Å². The summed E-state index contributed by atoms with van der Waals surface area (Å²) in [7, 11) is 1.82. The molecule has 2 heterocycles. The molecule has 9 heteroatoms. The molecule has 0 aromatic carbocycles. The normalized spacial score (nSPS) is 17.6. The minimum Gasteiger partial charge on any atom is -0.373 e. The Hall–Kier alpha value is -2.68. The van der Waals surface area contributed by atoms with E-state index < -0.39 is 12.0 Å². The van der Waals surface area contributed by atoms with Gasteiger partial charge in [0.1, 0.15) is 5.82 Å². The van der Waals surface area contributed by atoms with E-state index in [0.717, 1.165) is 34.8 Å².